The highest BCUT2D eigenvalue weighted by Gasteiger charge is 2.17. The number of ether oxygens (including phenoxy) is 1. The Kier molecular flexibility index (Phi) is 4.54. The number of benzene rings is 1. The summed E-state index contributed by atoms with van der Waals surface area (Å²) in [6.07, 6.45) is 0. The number of carbonyl (C=O) groups excluding carboxylic acids is 2. The van der Waals surface area contributed by atoms with Gasteiger partial charge < -0.3 is 10.1 Å². The lowest BCUT2D eigenvalue weighted by molar-refractivity contribution is 0.0519. The molecule has 0 spiro atoms. The molecule has 2 N–H and O–H groups in total. The molecule has 1 heterocycles. The van der Waals surface area contributed by atoms with E-state index >= 15 is 0 Å². The van der Waals surface area contributed by atoms with E-state index in [9.17, 15) is 14.0 Å². The van der Waals surface area contributed by atoms with Gasteiger partial charge in [-0.3, -0.25) is 9.89 Å². The predicted octanol–water partition coefficient (Wildman–Crippen LogP) is 2.63. The fourth-order valence-electron chi connectivity index (χ4n) is 1.56. The summed E-state index contributed by atoms with van der Waals surface area (Å²) in [5.74, 6) is -2.07. The first-order chi connectivity index (χ1) is 10.0. The molecular weight excluding hydrogens is 301 g/mol. The van der Waals surface area contributed by atoms with Gasteiger partial charge in [-0.05, 0) is 19.1 Å². The molecule has 1 aromatic carbocycles. The van der Waals surface area contributed by atoms with Crippen LogP contribution >= 0.6 is 11.6 Å². The number of anilines is 1. The van der Waals surface area contributed by atoms with Crippen molar-refractivity contribution in [1.82, 2.24) is 10.2 Å². The van der Waals surface area contributed by atoms with Crippen LogP contribution < -0.4 is 5.32 Å². The number of amides is 1. The largest absolute Gasteiger partial charge is 0.461 e. The highest BCUT2D eigenvalue weighted by Crippen LogP contribution is 2.19. The number of carbonyl (C=O) groups is 2. The summed E-state index contributed by atoms with van der Waals surface area (Å²) in [6, 6.07) is 5.36. The van der Waals surface area contributed by atoms with E-state index in [4.69, 9.17) is 16.3 Å². The molecule has 0 radical (unpaired) electrons. The lowest BCUT2D eigenvalue weighted by atomic mass is 10.2. The van der Waals surface area contributed by atoms with Gasteiger partial charge in [0.25, 0.3) is 5.91 Å². The van der Waals surface area contributed by atoms with Crippen molar-refractivity contribution in [2.24, 2.45) is 0 Å². The van der Waals surface area contributed by atoms with Crippen LogP contribution in [0.3, 0.4) is 0 Å². The normalized spacial score (nSPS) is 10.2. The number of halogens is 2. The van der Waals surface area contributed by atoms with E-state index in [1.54, 1.807) is 6.92 Å². The van der Waals surface area contributed by atoms with Crippen molar-refractivity contribution in [3.05, 3.63) is 46.4 Å². The third kappa shape index (κ3) is 3.38. The number of hydrogen-bond acceptors (Lipinski definition) is 4. The number of nitrogens with one attached hydrogen (secondary N) is 2. The van der Waals surface area contributed by atoms with Crippen LogP contribution in [0.25, 0.3) is 0 Å². The van der Waals surface area contributed by atoms with Crippen LogP contribution in [0, 0.1) is 5.82 Å². The summed E-state index contributed by atoms with van der Waals surface area (Å²) in [5, 5.41) is 8.34. The number of aromatic amines is 1. The van der Waals surface area contributed by atoms with Crippen molar-refractivity contribution >= 4 is 29.3 Å². The molecule has 0 atom stereocenters. The van der Waals surface area contributed by atoms with Crippen LogP contribution in [0.1, 0.15) is 27.8 Å². The summed E-state index contributed by atoms with van der Waals surface area (Å²) < 4.78 is 18.5. The molecule has 1 amide bonds. The molecule has 2 aromatic rings. The Balaban J connectivity index is 2.13. The summed E-state index contributed by atoms with van der Waals surface area (Å²) >= 11 is 5.60. The minimum Gasteiger partial charge on any atom is -0.461 e. The van der Waals surface area contributed by atoms with E-state index < -0.39 is 17.7 Å². The average molecular weight is 312 g/mol. The van der Waals surface area contributed by atoms with Crippen LogP contribution in [0.5, 0.6) is 0 Å². The molecule has 0 aliphatic heterocycles. The second-order valence-electron chi connectivity index (χ2n) is 3.94. The molecule has 1 aromatic heterocycles. The van der Waals surface area contributed by atoms with Gasteiger partial charge in [0, 0.05) is 6.07 Å². The third-order valence-electron chi connectivity index (χ3n) is 2.51. The molecule has 0 aliphatic carbocycles. The molecule has 0 unspecified atom stereocenters. The van der Waals surface area contributed by atoms with Gasteiger partial charge in [0.15, 0.2) is 11.6 Å². The second-order valence-corrected chi connectivity index (χ2v) is 4.35. The average Bonchev–Trinajstić information content (AvgIpc) is 2.90. The number of rotatable bonds is 4. The first-order valence-electron chi connectivity index (χ1n) is 6.00. The Bertz CT molecular complexity index is 687. The number of hydrogen-bond donors (Lipinski definition) is 2. The summed E-state index contributed by atoms with van der Waals surface area (Å²) in [5.41, 5.74) is -0.137. The van der Waals surface area contributed by atoms with Crippen molar-refractivity contribution in [2.75, 3.05) is 11.9 Å². The van der Waals surface area contributed by atoms with E-state index in [2.05, 4.69) is 15.5 Å². The fourth-order valence-corrected chi connectivity index (χ4v) is 1.74. The van der Waals surface area contributed by atoms with Crippen molar-refractivity contribution in [2.45, 2.75) is 6.92 Å². The maximum atomic E-state index is 13.7. The predicted molar refractivity (Wildman–Crippen MR) is 73.9 cm³/mol. The summed E-state index contributed by atoms with van der Waals surface area (Å²) in [6.45, 7) is 1.88. The van der Waals surface area contributed by atoms with Gasteiger partial charge in [0.05, 0.1) is 17.2 Å². The summed E-state index contributed by atoms with van der Waals surface area (Å²) in [7, 11) is 0. The van der Waals surface area contributed by atoms with Gasteiger partial charge in [-0.1, -0.05) is 17.7 Å². The number of H-pyrrole nitrogens is 1. The number of aromatic nitrogens is 2. The van der Waals surface area contributed by atoms with Crippen molar-refractivity contribution in [3.8, 4) is 0 Å². The fraction of sp³-hybridized carbons (Fsp3) is 0.154. The summed E-state index contributed by atoms with van der Waals surface area (Å²) in [4.78, 5) is 23.3. The van der Waals surface area contributed by atoms with Crippen LogP contribution in [0.2, 0.25) is 5.02 Å². The smallest absolute Gasteiger partial charge is 0.356 e. The minimum atomic E-state index is -0.821. The van der Waals surface area contributed by atoms with Gasteiger partial charge in [-0.15, -0.1) is 0 Å². The number of nitrogens with zero attached hydrogens (tertiary/aromatic N) is 1. The van der Waals surface area contributed by atoms with Crippen LogP contribution in [0.15, 0.2) is 24.3 Å². The van der Waals surface area contributed by atoms with Crippen LogP contribution in [0.4, 0.5) is 10.2 Å². The van der Waals surface area contributed by atoms with Gasteiger partial charge >= 0.3 is 5.97 Å². The first kappa shape index (κ1) is 15.0. The minimum absolute atomic E-state index is 0.0717. The van der Waals surface area contributed by atoms with E-state index in [1.807, 2.05) is 0 Å². The molecule has 0 aliphatic rings. The highest BCUT2D eigenvalue weighted by molar-refractivity contribution is 6.31. The highest BCUT2D eigenvalue weighted by atomic mass is 35.5. The van der Waals surface area contributed by atoms with Gasteiger partial charge in [0.2, 0.25) is 0 Å². The molecule has 0 fully saturated rings. The van der Waals surface area contributed by atoms with E-state index in [0.717, 1.165) is 0 Å². The van der Waals surface area contributed by atoms with Gasteiger partial charge in [-0.25, -0.2) is 9.18 Å². The molecule has 110 valence electrons. The van der Waals surface area contributed by atoms with Crippen LogP contribution in [-0.4, -0.2) is 28.7 Å². The molecule has 8 heteroatoms. The Morgan fingerprint density at radius 2 is 2.24 bits per heavy atom. The Morgan fingerprint density at radius 1 is 1.48 bits per heavy atom. The van der Waals surface area contributed by atoms with Crippen molar-refractivity contribution in [1.29, 1.82) is 0 Å². The molecule has 0 bridgehead atoms. The monoisotopic (exact) mass is 311 g/mol. The second kappa shape index (κ2) is 6.36. The van der Waals surface area contributed by atoms with E-state index in [0.29, 0.717) is 0 Å². The molecule has 6 nitrogen and oxygen atoms in total. The van der Waals surface area contributed by atoms with Crippen molar-refractivity contribution < 1.29 is 18.7 Å². The Labute approximate surface area is 124 Å². The van der Waals surface area contributed by atoms with E-state index in [-0.39, 0.29) is 28.7 Å². The molecular formula is C13H11ClFN3O3. The SMILES string of the molecule is CCOC(=O)c1cc(NC(=O)c2cccc(Cl)c2F)n[nH]1. The standard InChI is InChI=1S/C13H11ClFN3O3/c1-2-21-13(20)9-6-10(18-17-9)16-12(19)7-4-3-5-8(14)11(7)15/h3-6H,2H2,1H3,(H2,16,17,18,19). The maximum Gasteiger partial charge on any atom is 0.356 e. The zero-order chi connectivity index (χ0) is 15.4. The Hall–Kier alpha value is -2.41. The van der Waals surface area contributed by atoms with Gasteiger partial charge in [-0.2, -0.15) is 5.10 Å². The Morgan fingerprint density at radius 3 is 2.95 bits per heavy atom. The lowest BCUT2D eigenvalue weighted by Crippen LogP contribution is -2.14. The maximum absolute atomic E-state index is 13.7. The quantitative estimate of drug-likeness (QED) is 0.850. The molecule has 0 saturated heterocycles. The van der Waals surface area contributed by atoms with Crippen molar-refractivity contribution in [3.63, 3.8) is 0 Å². The first-order valence-corrected chi connectivity index (χ1v) is 6.38. The lowest BCUT2D eigenvalue weighted by Gasteiger charge is -2.03. The zero-order valence-electron chi connectivity index (χ0n) is 10.9. The third-order valence-corrected chi connectivity index (χ3v) is 2.80. The molecule has 2 rings (SSSR count). The van der Waals surface area contributed by atoms with E-state index in [1.165, 1.54) is 24.3 Å². The van der Waals surface area contributed by atoms with Crippen LogP contribution in [-0.2, 0) is 4.74 Å². The molecule has 21 heavy (non-hydrogen) atoms. The number of esters is 1. The molecule has 0 saturated carbocycles. The zero-order valence-corrected chi connectivity index (χ0v) is 11.7. The topological polar surface area (TPSA) is 84.1 Å². The van der Waals surface area contributed by atoms with Gasteiger partial charge in [0.1, 0.15) is 5.69 Å².